The Morgan fingerprint density at radius 1 is 1.23 bits per heavy atom. The van der Waals surface area contributed by atoms with E-state index in [1.165, 1.54) is 0 Å². The van der Waals surface area contributed by atoms with Crippen molar-refractivity contribution in [1.29, 1.82) is 0 Å². The number of amides is 2. The Morgan fingerprint density at radius 3 is 2.68 bits per heavy atom. The van der Waals surface area contributed by atoms with Crippen LogP contribution in [0.2, 0.25) is 0 Å². The fourth-order valence-electron chi connectivity index (χ4n) is 2.75. The molecule has 0 aliphatic carbocycles. The third kappa shape index (κ3) is 2.65. The van der Waals surface area contributed by atoms with Gasteiger partial charge in [0.25, 0.3) is 0 Å². The number of aromatic nitrogens is 3. The highest BCUT2D eigenvalue weighted by Crippen LogP contribution is 2.21. The van der Waals surface area contributed by atoms with Crippen molar-refractivity contribution >= 4 is 17.9 Å². The first kappa shape index (κ1) is 14.8. The van der Waals surface area contributed by atoms with Gasteiger partial charge in [0.15, 0.2) is 0 Å². The third-order valence-electron chi connectivity index (χ3n) is 4.06. The summed E-state index contributed by atoms with van der Waals surface area (Å²) >= 11 is 0. The molecule has 120 valence electrons. The lowest BCUT2D eigenvalue weighted by Gasteiger charge is -2.36. The number of anilines is 2. The number of hydrogen-bond donors (Lipinski definition) is 1. The smallest absolute Gasteiger partial charge is 0.317 e. The van der Waals surface area contributed by atoms with Crippen molar-refractivity contribution in [2.45, 2.75) is 25.8 Å². The molecular formula is C14H23N7O. The zero-order chi connectivity index (χ0) is 15.9. The lowest BCUT2D eigenvalue weighted by atomic mass is 10.2. The number of carbonyl (C=O) groups excluding carboxylic acids is 1. The predicted molar refractivity (Wildman–Crippen MR) is 84.3 cm³/mol. The number of urea groups is 1. The Labute approximate surface area is 130 Å². The first-order chi connectivity index (χ1) is 10.5. The van der Waals surface area contributed by atoms with Crippen molar-refractivity contribution in [2.24, 2.45) is 0 Å². The molecule has 1 aromatic rings. The molecule has 3 rings (SSSR count). The predicted octanol–water partition coefficient (Wildman–Crippen LogP) is 0.275. The molecule has 1 atom stereocenters. The van der Waals surface area contributed by atoms with Crippen LogP contribution in [0, 0.1) is 0 Å². The summed E-state index contributed by atoms with van der Waals surface area (Å²) in [5.74, 6) is 2.44. The summed E-state index contributed by atoms with van der Waals surface area (Å²) in [5, 5.41) is 2.89. The Kier molecular flexibility index (Phi) is 3.76. The van der Waals surface area contributed by atoms with Crippen molar-refractivity contribution in [2.75, 3.05) is 50.1 Å². The molecule has 2 aliphatic heterocycles. The monoisotopic (exact) mass is 305 g/mol. The number of carbonyl (C=O) groups is 1. The van der Waals surface area contributed by atoms with Crippen LogP contribution in [-0.2, 0) is 0 Å². The molecule has 2 fully saturated rings. The van der Waals surface area contributed by atoms with E-state index in [0.717, 1.165) is 18.9 Å². The van der Waals surface area contributed by atoms with Crippen LogP contribution in [0.5, 0.6) is 0 Å². The van der Waals surface area contributed by atoms with E-state index in [-0.39, 0.29) is 18.0 Å². The fourth-order valence-corrected chi connectivity index (χ4v) is 2.75. The molecule has 1 aromatic heterocycles. The summed E-state index contributed by atoms with van der Waals surface area (Å²) in [7, 11) is 3.86. The van der Waals surface area contributed by atoms with Gasteiger partial charge in [-0.1, -0.05) is 13.8 Å². The number of hydrogen-bond acceptors (Lipinski definition) is 6. The highest BCUT2D eigenvalue weighted by Gasteiger charge is 2.36. The molecule has 2 amide bonds. The molecule has 8 heteroatoms. The molecule has 1 N–H and O–H groups in total. The van der Waals surface area contributed by atoms with E-state index >= 15 is 0 Å². The lowest BCUT2D eigenvalue weighted by molar-refractivity contribution is 0.197. The molecule has 0 bridgehead atoms. The van der Waals surface area contributed by atoms with Gasteiger partial charge in [0.1, 0.15) is 5.82 Å². The van der Waals surface area contributed by atoms with Crippen LogP contribution in [-0.4, -0.2) is 72.2 Å². The highest BCUT2D eigenvalue weighted by atomic mass is 16.2. The first-order valence-corrected chi connectivity index (χ1v) is 7.68. The SMILES string of the molecule is CC(C)c1nc(N(C)C)nc(N2CCN3C(=O)NCC3C2)n1. The number of nitrogens with zero attached hydrogens (tertiary/aromatic N) is 6. The molecule has 1 unspecified atom stereocenters. The Hall–Kier alpha value is -2.12. The van der Waals surface area contributed by atoms with Gasteiger partial charge in [0, 0.05) is 46.2 Å². The summed E-state index contributed by atoms with van der Waals surface area (Å²) in [4.78, 5) is 31.3. The summed E-state index contributed by atoms with van der Waals surface area (Å²) in [6, 6.07) is 0.237. The molecule has 0 spiro atoms. The molecule has 0 aromatic carbocycles. The van der Waals surface area contributed by atoms with Crippen LogP contribution < -0.4 is 15.1 Å². The van der Waals surface area contributed by atoms with E-state index in [1.807, 2.05) is 23.9 Å². The summed E-state index contributed by atoms with van der Waals surface area (Å²) in [5.41, 5.74) is 0. The molecule has 2 aliphatic rings. The molecular weight excluding hydrogens is 282 g/mol. The minimum atomic E-state index is 0.0390. The quantitative estimate of drug-likeness (QED) is 0.864. The fraction of sp³-hybridized carbons (Fsp3) is 0.714. The van der Waals surface area contributed by atoms with Crippen LogP contribution in [0.15, 0.2) is 0 Å². The van der Waals surface area contributed by atoms with Crippen molar-refractivity contribution < 1.29 is 4.79 Å². The summed E-state index contributed by atoms with van der Waals surface area (Å²) in [6.45, 7) is 7.06. The van der Waals surface area contributed by atoms with Crippen molar-refractivity contribution in [3.05, 3.63) is 5.82 Å². The summed E-state index contributed by atoms with van der Waals surface area (Å²) in [6.07, 6.45) is 0. The minimum absolute atomic E-state index is 0.0390. The van der Waals surface area contributed by atoms with Gasteiger partial charge in [-0.25, -0.2) is 4.79 Å². The number of nitrogens with one attached hydrogen (secondary N) is 1. The van der Waals surface area contributed by atoms with E-state index in [0.29, 0.717) is 25.0 Å². The second-order valence-electron chi connectivity index (χ2n) is 6.32. The van der Waals surface area contributed by atoms with E-state index in [9.17, 15) is 4.79 Å². The second-order valence-corrected chi connectivity index (χ2v) is 6.32. The average molecular weight is 305 g/mol. The van der Waals surface area contributed by atoms with E-state index in [2.05, 4.69) is 39.0 Å². The zero-order valence-corrected chi connectivity index (χ0v) is 13.6. The van der Waals surface area contributed by atoms with Gasteiger partial charge >= 0.3 is 6.03 Å². The maximum Gasteiger partial charge on any atom is 0.317 e. The van der Waals surface area contributed by atoms with Crippen molar-refractivity contribution in [3.8, 4) is 0 Å². The van der Waals surface area contributed by atoms with Gasteiger partial charge < -0.3 is 20.0 Å². The second kappa shape index (κ2) is 5.58. The van der Waals surface area contributed by atoms with Gasteiger partial charge in [0.05, 0.1) is 6.04 Å². The van der Waals surface area contributed by atoms with Crippen LogP contribution in [0.25, 0.3) is 0 Å². The van der Waals surface area contributed by atoms with Crippen molar-refractivity contribution in [1.82, 2.24) is 25.2 Å². The van der Waals surface area contributed by atoms with E-state index in [1.54, 1.807) is 0 Å². The minimum Gasteiger partial charge on any atom is -0.347 e. The zero-order valence-electron chi connectivity index (χ0n) is 13.6. The topological polar surface area (TPSA) is 77.5 Å². The van der Waals surface area contributed by atoms with Crippen LogP contribution in [0.3, 0.4) is 0 Å². The number of rotatable bonds is 3. The normalized spacial score (nSPS) is 21.1. The molecule has 8 nitrogen and oxygen atoms in total. The number of fused-ring (bicyclic) bond motifs is 1. The van der Waals surface area contributed by atoms with Crippen LogP contribution in [0.4, 0.5) is 16.7 Å². The Balaban J connectivity index is 1.86. The first-order valence-electron chi connectivity index (χ1n) is 7.68. The van der Waals surface area contributed by atoms with Crippen LogP contribution >= 0.6 is 0 Å². The average Bonchev–Trinajstić information content (AvgIpc) is 2.87. The standard InChI is InChI=1S/C14H23N7O/c1-9(2)11-16-12(19(3)4)18-13(17-11)20-5-6-21-10(8-20)7-15-14(21)22/h9-10H,5-8H2,1-4H3,(H,15,22). The lowest BCUT2D eigenvalue weighted by Crippen LogP contribution is -2.52. The van der Waals surface area contributed by atoms with Crippen LogP contribution in [0.1, 0.15) is 25.6 Å². The largest absolute Gasteiger partial charge is 0.347 e. The number of piperazine rings is 1. The molecule has 0 saturated carbocycles. The van der Waals surface area contributed by atoms with Gasteiger partial charge in [-0.15, -0.1) is 0 Å². The van der Waals surface area contributed by atoms with Crippen molar-refractivity contribution in [3.63, 3.8) is 0 Å². The molecule has 2 saturated heterocycles. The van der Waals surface area contributed by atoms with E-state index in [4.69, 9.17) is 0 Å². The molecule has 0 radical (unpaired) electrons. The maximum absolute atomic E-state index is 11.7. The Bertz CT molecular complexity index is 548. The maximum atomic E-state index is 11.7. The molecule has 22 heavy (non-hydrogen) atoms. The van der Waals surface area contributed by atoms with Gasteiger partial charge in [0.2, 0.25) is 11.9 Å². The molecule has 3 heterocycles. The van der Waals surface area contributed by atoms with Gasteiger partial charge in [-0.3, -0.25) is 0 Å². The summed E-state index contributed by atoms with van der Waals surface area (Å²) < 4.78 is 0. The Morgan fingerprint density at radius 2 is 2.00 bits per heavy atom. The third-order valence-corrected chi connectivity index (χ3v) is 4.06. The highest BCUT2D eigenvalue weighted by molar-refractivity contribution is 5.77. The van der Waals surface area contributed by atoms with Gasteiger partial charge in [-0.05, 0) is 0 Å². The van der Waals surface area contributed by atoms with Gasteiger partial charge in [-0.2, -0.15) is 15.0 Å². The van der Waals surface area contributed by atoms with E-state index < -0.39 is 0 Å².